The monoisotopic (exact) mass is 268 g/mol. The molecule has 4 nitrogen and oxygen atoms in total. The van der Waals surface area contributed by atoms with Crippen LogP contribution >= 0.6 is 0 Å². The van der Waals surface area contributed by atoms with Crippen LogP contribution < -0.4 is 5.73 Å². The Hall–Kier alpha value is -1.17. The van der Waals surface area contributed by atoms with Gasteiger partial charge in [-0.2, -0.15) is 0 Å². The van der Waals surface area contributed by atoms with Gasteiger partial charge in [-0.05, 0) is 30.8 Å². The Kier molecular flexibility index (Phi) is 4.39. The molecule has 1 aliphatic heterocycles. The number of nitrogen functional groups attached to an aromatic ring is 1. The van der Waals surface area contributed by atoms with Crippen LogP contribution in [0.4, 0.5) is 10.1 Å². The molecule has 1 fully saturated rings. The van der Waals surface area contributed by atoms with Gasteiger partial charge in [0.25, 0.3) is 0 Å². The first-order valence-corrected chi connectivity index (χ1v) is 6.51. The minimum Gasteiger partial charge on any atom is -0.398 e. The largest absolute Gasteiger partial charge is 0.398 e. The van der Waals surface area contributed by atoms with Crippen molar-refractivity contribution < 1.29 is 14.2 Å². The third-order valence-electron chi connectivity index (χ3n) is 3.53. The molecule has 0 spiro atoms. The van der Waals surface area contributed by atoms with Crippen molar-refractivity contribution in [3.8, 4) is 0 Å². The standard InChI is InChI=1S/C14H21FN2O2/c1-17(10-14(18)4-6-19-7-5-14)9-11-8-12(15)2-3-13(11)16/h2-3,8,18H,4-7,9-10,16H2,1H3. The van der Waals surface area contributed by atoms with E-state index in [1.807, 2.05) is 11.9 Å². The Morgan fingerprint density at radius 1 is 1.42 bits per heavy atom. The van der Waals surface area contributed by atoms with Gasteiger partial charge in [0, 0.05) is 44.8 Å². The van der Waals surface area contributed by atoms with E-state index in [1.165, 1.54) is 12.1 Å². The number of ether oxygens (including phenoxy) is 1. The minimum absolute atomic E-state index is 0.289. The summed E-state index contributed by atoms with van der Waals surface area (Å²) in [6.45, 7) is 2.23. The SMILES string of the molecule is CN(Cc1cc(F)ccc1N)CC1(O)CCOCC1. The summed E-state index contributed by atoms with van der Waals surface area (Å²) >= 11 is 0. The Labute approximate surface area is 113 Å². The van der Waals surface area contributed by atoms with Gasteiger partial charge >= 0.3 is 0 Å². The van der Waals surface area contributed by atoms with E-state index in [2.05, 4.69) is 0 Å². The van der Waals surface area contributed by atoms with Gasteiger partial charge in [0.1, 0.15) is 5.82 Å². The Bertz CT molecular complexity index is 433. The van der Waals surface area contributed by atoms with E-state index in [0.29, 0.717) is 44.8 Å². The summed E-state index contributed by atoms with van der Waals surface area (Å²) in [4.78, 5) is 1.97. The molecule has 1 saturated heterocycles. The fourth-order valence-electron chi connectivity index (χ4n) is 2.47. The fraction of sp³-hybridized carbons (Fsp3) is 0.571. The quantitative estimate of drug-likeness (QED) is 0.810. The summed E-state index contributed by atoms with van der Waals surface area (Å²) in [5, 5.41) is 10.4. The average molecular weight is 268 g/mol. The van der Waals surface area contributed by atoms with Gasteiger partial charge in [-0.1, -0.05) is 0 Å². The summed E-state index contributed by atoms with van der Waals surface area (Å²) in [5.41, 5.74) is 6.44. The zero-order valence-electron chi connectivity index (χ0n) is 11.2. The summed E-state index contributed by atoms with van der Waals surface area (Å²) in [6, 6.07) is 4.37. The molecule has 0 aliphatic carbocycles. The van der Waals surface area contributed by atoms with Crippen molar-refractivity contribution in [3.05, 3.63) is 29.6 Å². The van der Waals surface area contributed by atoms with Crippen LogP contribution in [-0.2, 0) is 11.3 Å². The number of hydrogen-bond acceptors (Lipinski definition) is 4. The van der Waals surface area contributed by atoms with Crippen LogP contribution in [0.3, 0.4) is 0 Å². The summed E-state index contributed by atoms with van der Waals surface area (Å²) in [7, 11) is 1.90. The molecule has 0 bridgehead atoms. The van der Waals surface area contributed by atoms with Crippen molar-refractivity contribution in [1.29, 1.82) is 0 Å². The maximum Gasteiger partial charge on any atom is 0.123 e. The number of aliphatic hydroxyl groups is 1. The number of hydrogen-bond donors (Lipinski definition) is 2. The topological polar surface area (TPSA) is 58.7 Å². The Morgan fingerprint density at radius 2 is 2.11 bits per heavy atom. The van der Waals surface area contributed by atoms with Gasteiger partial charge in [-0.25, -0.2) is 4.39 Å². The van der Waals surface area contributed by atoms with Crippen LogP contribution in [-0.4, -0.2) is 42.4 Å². The molecular formula is C14H21FN2O2. The summed E-state index contributed by atoms with van der Waals surface area (Å²) in [5.74, 6) is -0.289. The van der Waals surface area contributed by atoms with E-state index in [1.54, 1.807) is 6.07 Å². The molecule has 1 heterocycles. The number of nitrogens with zero attached hydrogens (tertiary/aromatic N) is 1. The van der Waals surface area contributed by atoms with Crippen LogP contribution in [0.15, 0.2) is 18.2 Å². The van der Waals surface area contributed by atoms with E-state index in [9.17, 15) is 9.50 Å². The normalized spacial score (nSPS) is 18.7. The molecule has 1 aliphatic rings. The number of anilines is 1. The number of nitrogens with two attached hydrogens (primary N) is 1. The number of halogens is 1. The van der Waals surface area contributed by atoms with Gasteiger partial charge < -0.3 is 15.6 Å². The highest BCUT2D eigenvalue weighted by molar-refractivity contribution is 5.46. The van der Waals surface area contributed by atoms with Crippen molar-refractivity contribution in [2.45, 2.75) is 25.0 Å². The number of rotatable bonds is 4. The molecule has 1 aromatic rings. The van der Waals surface area contributed by atoms with Gasteiger partial charge in [-0.15, -0.1) is 0 Å². The molecule has 2 rings (SSSR count). The lowest BCUT2D eigenvalue weighted by Gasteiger charge is -2.35. The second-order valence-corrected chi connectivity index (χ2v) is 5.35. The second-order valence-electron chi connectivity index (χ2n) is 5.35. The van der Waals surface area contributed by atoms with E-state index in [4.69, 9.17) is 10.5 Å². The molecule has 0 saturated carbocycles. The highest BCUT2D eigenvalue weighted by Crippen LogP contribution is 2.23. The molecule has 0 unspecified atom stereocenters. The summed E-state index contributed by atoms with van der Waals surface area (Å²) in [6.07, 6.45) is 1.27. The van der Waals surface area contributed by atoms with Gasteiger partial charge in [0.15, 0.2) is 0 Å². The lowest BCUT2D eigenvalue weighted by Crippen LogP contribution is -2.45. The van der Waals surface area contributed by atoms with Crippen LogP contribution in [0.5, 0.6) is 0 Å². The van der Waals surface area contributed by atoms with Crippen molar-refractivity contribution in [3.63, 3.8) is 0 Å². The zero-order valence-corrected chi connectivity index (χ0v) is 11.2. The van der Waals surface area contributed by atoms with E-state index in [0.717, 1.165) is 5.56 Å². The van der Waals surface area contributed by atoms with Crippen LogP contribution in [0.25, 0.3) is 0 Å². The predicted molar refractivity (Wildman–Crippen MR) is 72.1 cm³/mol. The third kappa shape index (κ3) is 3.89. The Balaban J connectivity index is 1.96. The van der Waals surface area contributed by atoms with Crippen LogP contribution in [0, 0.1) is 5.82 Å². The first-order valence-electron chi connectivity index (χ1n) is 6.51. The van der Waals surface area contributed by atoms with Gasteiger partial charge in [0.05, 0.1) is 5.60 Å². The van der Waals surface area contributed by atoms with E-state index >= 15 is 0 Å². The predicted octanol–water partition coefficient (Wildman–Crippen LogP) is 1.38. The minimum atomic E-state index is -0.713. The van der Waals surface area contributed by atoms with Crippen LogP contribution in [0.2, 0.25) is 0 Å². The van der Waals surface area contributed by atoms with Crippen LogP contribution in [0.1, 0.15) is 18.4 Å². The molecular weight excluding hydrogens is 247 g/mol. The fourth-order valence-corrected chi connectivity index (χ4v) is 2.47. The number of benzene rings is 1. The summed E-state index contributed by atoms with van der Waals surface area (Å²) < 4.78 is 18.4. The first-order chi connectivity index (χ1) is 8.98. The van der Waals surface area contributed by atoms with Crippen molar-refractivity contribution in [1.82, 2.24) is 4.90 Å². The lowest BCUT2D eigenvalue weighted by molar-refractivity contribution is -0.0777. The molecule has 3 N–H and O–H groups in total. The van der Waals surface area contributed by atoms with E-state index in [-0.39, 0.29) is 5.82 Å². The van der Waals surface area contributed by atoms with E-state index < -0.39 is 5.60 Å². The van der Waals surface area contributed by atoms with Crippen molar-refractivity contribution in [2.75, 3.05) is 32.5 Å². The van der Waals surface area contributed by atoms with Crippen molar-refractivity contribution in [2.24, 2.45) is 0 Å². The molecule has 0 amide bonds. The van der Waals surface area contributed by atoms with Gasteiger partial charge in [0.2, 0.25) is 0 Å². The highest BCUT2D eigenvalue weighted by Gasteiger charge is 2.31. The second kappa shape index (κ2) is 5.86. The highest BCUT2D eigenvalue weighted by atomic mass is 19.1. The third-order valence-corrected chi connectivity index (χ3v) is 3.53. The maximum absolute atomic E-state index is 13.2. The molecule has 106 valence electrons. The van der Waals surface area contributed by atoms with Gasteiger partial charge in [-0.3, -0.25) is 4.90 Å². The zero-order chi connectivity index (χ0) is 13.9. The molecule has 0 aromatic heterocycles. The lowest BCUT2D eigenvalue weighted by atomic mass is 9.94. The molecule has 1 aromatic carbocycles. The molecule has 0 radical (unpaired) electrons. The Morgan fingerprint density at radius 3 is 2.79 bits per heavy atom. The first kappa shape index (κ1) is 14.2. The molecule has 5 heteroatoms. The molecule has 0 atom stereocenters. The smallest absolute Gasteiger partial charge is 0.123 e. The molecule has 19 heavy (non-hydrogen) atoms. The van der Waals surface area contributed by atoms with Crippen molar-refractivity contribution >= 4 is 5.69 Å². The number of likely N-dealkylation sites (N-methyl/N-ethyl adjacent to an activating group) is 1. The average Bonchev–Trinajstić information content (AvgIpc) is 2.34. The maximum atomic E-state index is 13.2.